The Balaban J connectivity index is 1.48. The van der Waals surface area contributed by atoms with Crippen LogP contribution in [0, 0.1) is 0 Å². The molecule has 0 radical (unpaired) electrons. The summed E-state index contributed by atoms with van der Waals surface area (Å²) in [6, 6.07) is 13.1. The van der Waals surface area contributed by atoms with E-state index in [1.165, 1.54) is 12.1 Å². The number of nitrogens with one attached hydrogen (secondary N) is 1. The van der Waals surface area contributed by atoms with Crippen LogP contribution in [0.3, 0.4) is 0 Å². The molecule has 2 amide bonds. The summed E-state index contributed by atoms with van der Waals surface area (Å²) in [4.78, 5) is 26.2. The van der Waals surface area contributed by atoms with Gasteiger partial charge in [-0.2, -0.15) is 13.2 Å². The lowest BCUT2D eigenvalue weighted by molar-refractivity contribution is -0.137. The number of para-hydroxylation sites is 1. The van der Waals surface area contributed by atoms with Gasteiger partial charge in [0.05, 0.1) is 17.0 Å². The molecule has 3 aromatic rings. The van der Waals surface area contributed by atoms with Gasteiger partial charge in [0.1, 0.15) is 0 Å². The molecule has 2 aromatic carbocycles. The molecule has 10 heteroatoms. The van der Waals surface area contributed by atoms with Crippen LogP contribution < -0.4 is 10.2 Å². The van der Waals surface area contributed by atoms with Crippen LogP contribution in [0.15, 0.2) is 59.0 Å². The SMILES string of the molecule is O=C(Nc1nnc([C@H]2CC(=O)N(c3ccccc3)C2)o1)c1ccccc1C(F)(F)F. The zero-order valence-electron chi connectivity index (χ0n) is 15.4. The number of hydrogen-bond acceptors (Lipinski definition) is 5. The predicted molar refractivity (Wildman–Crippen MR) is 99.8 cm³/mol. The number of alkyl halides is 3. The molecule has 7 nitrogen and oxygen atoms in total. The molecule has 1 aliphatic heterocycles. The second kappa shape index (κ2) is 7.62. The van der Waals surface area contributed by atoms with Crippen molar-refractivity contribution in [2.45, 2.75) is 18.5 Å². The van der Waals surface area contributed by atoms with Crippen LogP contribution in [0.5, 0.6) is 0 Å². The van der Waals surface area contributed by atoms with E-state index in [-0.39, 0.29) is 24.2 Å². The third-order valence-corrected chi connectivity index (χ3v) is 4.68. The van der Waals surface area contributed by atoms with Crippen LogP contribution in [-0.2, 0) is 11.0 Å². The molecule has 154 valence electrons. The fraction of sp³-hybridized carbons (Fsp3) is 0.200. The number of carbonyl (C=O) groups excluding carboxylic acids is 2. The first-order chi connectivity index (χ1) is 14.3. The van der Waals surface area contributed by atoms with Crippen molar-refractivity contribution in [2.24, 2.45) is 0 Å². The first kappa shape index (κ1) is 19.6. The van der Waals surface area contributed by atoms with Gasteiger partial charge in [0.15, 0.2) is 0 Å². The zero-order chi connectivity index (χ0) is 21.3. The van der Waals surface area contributed by atoms with Crippen LogP contribution in [0.4, 0.5) is 24.9 Å². The standard InChI is InChI=1S/C20H15F3N4O3/c21-20(22,23)15-9-5-4-8-14(15)17(29)24-19-26-25-18(30-19)12-10-16(28)27(11-12)13-6-2-1-3-7-13/h1-9,12H,10-11H2,(H,24,26,29)/t12-/m0/s1. The topological polar surface area (TPSA) is 88.3 Å². The van der Waals surface area contributed by atoms with Gasteiger partial charge in [-0.3, -0.25) is 14.9 Å². The third-order valence-electron chi connectivity index (χ3n) is 4.68. The second-order valence-corrected chi connectivity index (χ2v) is 6.68. The molecule has 1 fully saturated rings. The molecule has 1 saturated heterocycles. The van der Waals surface area contributed by atoms with Gasteiger partial charge in [-0.05, 0) is 24.3 Å². The molecule has 4 rings (SSSR count). The highest BCUT2D eigenvalue weighted by Crippen LogP contribution is 2.33. The minimum absolute atomic E-state index is 0.117. The van der Waals surface area contributed by atoms with Gasteiger partial charge in [0, 0.05) is 18.7 Å². The van der Waals surface area contributed by atoms with Gasteiger partial charge in [-0.25, -0.2) is 0 Å². The maximum Gasteiger partial charge on any atom is 0.417 e. The fourth-order valence-corrected chi connectivity index (χ4v) is 3.27. The first-order valence-electron chi connectivity index (χ1n) is 8.99. The second-order valence-electron chi connectivity index (χ2n) is 6.68. The van der Waals surface area contributed by atoms with Crippen molar-refractivity contribution in [2.75, 3.05) is 16.8 Å². The van der Waals surface area contributed by atoms with E-state index < -0.39 is 29.1 Å². The number of carbonyl (C=O) groups is 2. The van der Waals surface area contributed by atoms with Gasteiger partial charge < -0.3 is 9.32 Å². The van der Waals surface area contributed by atoms with Crippen LogP contribution >= 0.6 is 0 Å². The zero-order valence-corrected chi connectivity index (χ0v) is 15.4. The lowest BCUT2D eigenvalue weighted by Crippen LogP contribution is -2.24. The van der Waals surface area contributed by atoms with Crippen LogP contribution in [0.25, 0.3) is 0 Å². The molecule has 0 bridgehead atoms. The van der Waals surface area contributed by atoms with E-state index in [4.69, 9.17) is 4.42 Å². The average molecular weight is 416 g/mol. The minimum Gasteiger partial charge on any atom is -0.407 e. The molecule has 0 spiro atoms. The van der Waals surface area contributed by atoms with Crippen molar-refractivity contribution in [3.63, 3.8) is 0 Å². The number of rotatable bonds is 4. The molecule has 1 aliphatic rings. The summed E-state index contributed by atoms with van der Waals surface area (Å²) in [6.07, 6.45) is -4.54. The quantitative estimate of drug-likeness (QED) is 0.698. The Hall–Kier alpha value is -3.69. The molecule has 0 unspecified atom stereocenters. The van der Waals surface area contributed by atoms with Crippen molar-refractivity contribution < 1.29 is 27.2 Å². The third kappa shape index (κ3) is 3.88. The summed E-state index contributed by atoms with van der Waals surface area (Å²) in [5, 5.41) is 9.72. The molecule has 30 heavy (non-hydrogen) atoms. The van der Waals surface area contributed by atoms with Crippen molar-refractivity contribution >= 4 is 23.5 Å². The van der Waals surface area contributed by atoms with Crippen molar-refractivity contribution in [3.8, 4) is 0 Å². The molecular weight excluding hydrogens is 401 g/mol. The number of amides is 2. The first-order valence-corrected chi connectivity index (χ1v) is 8.99. The molecule has 1 atom stereocenters. The van der Waals surface area contributed by atoms with Gasteiger partial charge in [0.2, 0.25) is 11.8 Å². The summed E-state index contributed by atoms with van der Waals surface area (Å²) in [6.45, 7) is 0.315. The number of halogens is 3. The molecule has 1 aromatic heterocycles. The molecule has 1 N–H and O–H groups in total. The highest BCUT2D eigenvalue weighted by Gasteiger charge is 2.36. The van der Waals surface area contributed by atoms with Gasteiger partial charge in [0.25, 0.3) is 5.91 Å². The number of nitrogens with zero attached hydrogens (tertiary/aromatic N) is 3. The number of hydrogen-bond donors (Lipinski definition) is 1. The number of aromatic nitrogens is 2. The number of benzene rings is 2. The Morgan fingerprint density at radius 1 is 1.07 bits per heavy atom. The summed E-state index contributed by atoms with van der Waals surface area (Å²) >= 11 is 0. The van der Waals surface area contributed by atoms with Crippen LogP contribution in [-0.4, -0.2) is 28.6 Å². The Labute approximate surface area is 168 Å². The van der Waals surface area contributed by atoms with E-state index in [2.05, 4.69) is 15.5 Å². The van der Waals surface area contributed by atoms with Crippen LogP contribution in [0.1, 0.15) is 34.2 Å². The van der Waals surface area contributed by atoms with Gasteiger partial charge >= 0.3 is 12.2 Å². The Morgan fingerprint density at radius 3 is 2.50 bits per heavy atom. The van der Waals surface area contributed by atoms with E-state index in [0.29, 0.717) is 6.54 Å². The highest BCUT2D eigenvalue weighted by molar-refractivity contribution is 6.04. The highest BCUT2D eigenvalue weighted by atomic mass is 19.4. The molecular formula is C20H15F3N4O3. The summed E-state index contributed by atoms with van der Waals surface area (Å²) in [5.74, 6) is -1.40. The van der Waals surface area contributed by atoms with Crippen molar-refractivity contribution in [3.05, 3.63) is 71.6 Å². The normalized spacial score (nSPS) is 16.7. The van der Waals surface area contributed by atoms with E-state index in [1.807, 2.05) is 18.2 Å². The van der Waals surface area contributed by atoms with Gasteiger partial charge in [-0.15, -0.1) is 5.10 Å². The van der Waals surface area contributed by atoms with E-state index in [9.17, 15) is 22.8 Å². The van der Waals surface area contributed by atoms with Crippen molar-refractivity contribution in [1.82, 2.24) is 10.2 Å². The Bertz CT molecular complexity index is 1080. The van der Waals surface area contributed by atoms with Gasteiger partial charge in [-0.1, -0.05) is 35.4 Å². The lowest BCUT2D eigenvalue weighted by atomic mass is 10.1. The van der Waals surface area contributed by atoms with E-state index >= 15 is 0 Å². The Kier molecular flexibility index (Phi) is 4.98. The summed E-state index contributed by atoms with van der Waals surface area (Å²) in [5.41, 5.74) is -0.889. The monoisotopic (exact) mass is 416 g/mol. The van der Waals surface area contributed by atoms with Crippen LogP contribution in [0.2, 0.25) is 0 Å². The molecule has 0 aliphatic carbocycles. The fourth-order valence-electron chi connectivity index (χ4n) is 3.27. The maximum atomic E-state index is 13.1. The molecule has 2 heterocycles. The number of anilines is 2. The molecule has 0 saturated carbocycles. The minimum atomic E-state index is -4.68. The smallest absolute Gasteiger partial charge is 0.407 e. The average Bonchev–Trinajstić information content (AvgIpc) is 3.34. The lowest BCUT2D eigenvalue weighted by Gasteiger charge is -2.15. The summed E-state index contributed by atoms with van der Waals surface area (Å²) < 4.78 is 44.7. The Morgan fingerprint density at radius 2 is 1.77 bits per heavy atom. The predicted octanol–water partition coefficient (Wildman–Crippen LogP) is 3.86. The van der Waals surface area contributed by atoms with E-state index in [0.717, 1.165) is 17.8 Å². The largest absolute Gasteiger partial charge is 0.417 e. The summed E-state index contributed by atoms with van der Waals surface area (Å²) in [7, 11) is 0. The maximum absolute atomic E-state index is 13.1. The van der Waals surface area contributed by atoms with Crippen molar-refractivity contribution in [1.29, 1.82) is 0 Å². The van der Waals surface area contributed by atoms with E-state index in [1.54, 1.807) is 17.0 Å².